The zero-order valence-corrected chi connectivity index (χ0v) is 21.6. The number of carbonyl (C=O) groups excluding carboxylic acids is 2. The normalized spacial score (nSPS) is 23.6. The van der Waals surface area contributed by atoms with Crippen LogP contribution in [0.2, 0.25) is 0 Å². The Morgan fingerprint density at radius 1 is 1.03 bits per heavy atom. The molecule has 5 nitrogen and oxygen atoms in total. The first-order valence-corrected chi connectivity index (χ1v) is 12.9. The summed E-state index contributed by atoms with van der Waals surface area (Å²) in [6.07, 6.45) is 3.03. The largest absolute Gasteiger partial charge is 0.350 e. The minimum atomic E-state index is -0.601. The minimum absolute atomic E-state index is 0.0579. The number of hydrogen-bond acceptors (Lipinski definition) is 3. The molecule has 1 N–H and O–H groups in total. The van der Waals surface area contributed by atoms with Crippen LogP contribution in [-0.4, -0.2) is 54.8 Å². The fraction of sp³-hybridized carbons (Fsp3) is 0.517. The van der Waals surface area contributed by atoms with Crippen LogP contribution in [0.5, 0.6) is 0 Å². The zero-order valence-electron chi connectivity index (χ0n) is 21.6. The van der Waals surface area contributed by atoms with E-state index >= 15 is 0 Å². The summed E-state index contributed by atoms with van der Waals surface area (Å²) in [7, 11) is 3.97. The second kappa shape index (κ2) is 11.1. The Balaban J connectivity index is 1.48. The highest BCUT2D eigenvalue weighted by molar-refractivity contribution is 5.80. The molecule has 2 aromatic carbocycles. The van der Waals surface area contributed by atoms with Crippen LogP contribution in [-0.2, 0) is 9.59 Å². The Hall–Kier alpha value is -2.80. The van der Waals surface area contributed by atoms with Gasteiger partial charge in [-0.05, 0) is 81.3 Å². The van der Waals surface area contributed by atoms with Crippen molar-refractivity contribution in [3.63, 3.8) is 0 Å². The predicted octanol–water partition coefficient (Wildman–Crippen LogP) is 4.99. The van der Waals surface area contributed by atoms with E-state index in [2.05, 4.69) is 22.3 Å². The average Bonchev–Trinajstić information content (AvgIpc) is 3.29. The lowest BCUT2D eigenvalue weighted by atomic mass is 9.83. The van der Waals surface area contributed by atoms with E-state index in [4.69, 9.17) is 0 Å². The van der Waals surface area contributed by atoms with Gasteiger partial charge in [0.1, 0.15) is 11.6 Å². The molecule has 4 atom stereocenters. The lowest BCUT2D eigenvalue weighted by Crippen LogP contribution is -2.42. The molecule has 194 valence electrons. The SMILES string of the molecule is CC(=O)N[C@@H](C)c1ccccc1C1CCN(C(=O)C2C[C@H](N(C)C)CC2c2ccc(F)cc2F)CC1. The third-order valence-corrected chi connectivity index (χ3v) is 8.08. The van der Waals surface area contributed by atoms with Gasteiger partial charge in [-0.3, -0.25) is 9.59 Å². The van der Waals surface area contributed by atoms with Gasteiger partial charge in [-0.1, -0.05) is 30.3 Å². The molecule has 2 aromatic rings. The van der Waals surface area contributed by atoms with E-state index in [0.717, 1.165) is 24.5 Å². The van der Waals surface area contributed by atoms with E-state index in [1.165, 1.54) is 24.6 Å². The van der Waals surface area contributed by atoms with Crippen molar-refractivity contribution in [3.05, 3.63) is 70.8 Å². The molecule has 0 bridgehead atoms. The van der Waals surface area contributed by atoms with Crippen LogP contribution in [0.3, 0.4) is 0 Å². The molecule has 0 spiro atoms. The maximum Gasteiger partial charge on any atom is 0.226 e. The minimum Gasteiger partial charge on any atom is -0.350 e. The summed E-state index contributed by atoms with van der Waals surface area (Å²) < 4.78 is 28.3. The van der Waals surface area contributed by atoms with E-state index in [1.807, 2.05) is 38.1 Å². The molecular formula is C29H37F2N3O2. The van der Waals surface area contributed by atoms with Crippen molar-refractivity contribution in [2.24, 2.45) is 5.92 Å². The highest BCUT2D eigenvalue weighted by atomic mass is 19.1. The molecule has 4 rings (SSSR count). The molecule has 1 aliphatic carbocycles. The van der Waals surface area contributed by atoms with Crippen LogP contribution in [0.25, 0.3) is 0 Å². The molecule has 2 unspecified atom stereocenters. The quantitative estimate of drug-likeness (QED) is 0.612. The van der Waals surface area contributed by atoms with Crippen molar-refractivity contribution in [2.45, 2.75) is 63.5 Å². The highest BCUT2D eigenvalue weighted by Crippen LogP contribution is 2.44. The van der Waals surface area contributed by atoms with Crippen LogP contribution in [0.15, 0.2) is 42.5 Å². The summed E-state index contributed by atoms with van der Waals surface area (Å²) >= 11 is 0. The molecule has 1 saturated heterocycles. The van der Waals surface area contributed by atoms with Crippen LogP contribution >= 0.6 is 0 Å². The second-order valence-corrected chi connectivity index (χ2v) is 10.6. The fourth-order valence-corrected chi connectivity index (χ4v) is 6.16. The number of amides is 2. The van der Waals surface area contributed by atoms with Gasteiger partial charge in [-0.2, -0.15) is 0 Å². The van der Waals surface area contributed by atoms with E-state index in [1.54, 1.807) is 0 Å². The lowest BCUT2D eigenvalue weighted by Gasteiger charge is -2.36. The molecule has 0 radical (unpaired) electrons. The Bertz CT molecular complexity index is 1100. The van der Waals surface area contributed by atoms with Gasteiger partial charge in [-0.15, -0.1) is 0 Å². The van der Waals surface area contributed by atoms with Gasteiger partial charge in [0, 0.05) is 38.0 Å². The molecule has 2 amide bonds. The number of hydrogen-bond donors (Lipinski definition) is 1. The van der Waals surface area contributed by atoms with E-state index < -0.39 is 11.6 Å². The second-order valence-electron chi connectivity index (χ2n) is 10.6. The average molecular weight is 498 g/mol. The van der Waals surface area contributed by atoms with Crippen molar-refractivity contribution < 1.29 is 18.4 Å². The topological polar surface area (TPSA) is 52.7 Å². The van der Waals surface area contributed by atoms with Crippen LogP contribution in [0.4, 0.5) is 8.78 Å². The van der Waals surface area contributed by atoms with Crippen LogP contribution in [0, 0.1) is 17.6 Å². The van der Waals surface area contributed by atoms with Crippen molar-refractivity contribution in [1.82, 2.24) is 15.1 Å². The number of carbonyl (C=O) groups is 2. The van der Waals surface area contributed by atoms with Crippen LogP contribution in [0.1, 0.15) is 74.1 Å². The monoisotopic (exact) mass is 497 g/mol. The molecule has 36 heavy (non-hydrogen) atoms. The Morgan fingerprint density at radius 3 is 2.36 bits per heavy atom. The number of halogens is 2. The molecular weight excluding hydrogens is 460 g/mol. The fourth-order valence-electron chi connectivity index (χ4n) is 6.16. The van der Waals surface area contributed by atoms with Crippen molar-refractivity contribution in [1.29, 1.82) is 0 Å². The first-order valence-electron chi connectivity index (χ1n) is 12.9. The Labute approximate surface area is 212 Å². The van der Waals surface area contributed by atoms with Crippen molar-refractivity contribution in [3.8, 4) is 0 Å². The summed E-state index contributed by atoms with van der Waals surface area (Å²) in [6.45, 7) is 4.81. The summed E-state index contributed by atoms with van der Waals surface area (Å²) in [5.74, 6) is -1.42. The molecule has 2 aliphatic rings. The molecule has 0 aromatic heterocycles. The number of nitrogens with one attached hydrogen (secondary N) is 1. The molecule has 1 aliphatic heterocycles. The Morgan fingerprint density at radius 2 is 1.72 bits per heavy atom. The lowest BCUT2D eigenvalue weighted by molar-refractivity contribution is -0.137. The van der Waals surface area contributed by atoms with Gasteiger partial charge in [-0.25, -0.2) is 8.78 Å². The molecule has 7 heteroatoms. The third-order valence-electron chi connectivity index (χ3n) is 8.08. The summed E-state index contributed by atoms with van der Waals surface area (Å²) in [6, 6.07) is 12.0. The van der Waals surface area contributed by atoms with E-state index in [-0.39, 0.29) is 35.7 Å². The van der Waals surface area contributed by atoms with E-state index in [0.29, 0.717) is 37.4 Å². The summed E-state index contributed by atoms with van der Waals surface area (Å²) in [4.78, 5) is 29.4. The van der Waals surface area contributed by atoms with Gasteiger partial charge in [0.2, 0.25) is 11.8 Å². The highest BCUT2D eigenvalue weighted by Gasteiger charge is 2.43. The number of nitrogens with zero attached hydrogens (tertiary/aromatic N) is 2. The predicted molar refractivity (Wildman–Crippen MR) is 137 cm³/mol. The Kier molecular flexibility index (Phi) is 8.08. The summed E-state index contributed by atoms with van der Waals surface area (Å²) in [5.41, 5.74) is 2.79. The van der Waals surface area contributed by atoms with Crippen molar-refractivity contribution in [2.75, 3.05) is 27.2 Å². The van der Waals surface area contributed by atoms with Gasteiger partial charge < -0.3 is 15.1 Å². The molecule has 1 saturated carbocycles. The van der Waals surface area contributed by atoms with Gasteiger partial charge in [0.25, 0.3) is 0 Å². The van der Waals surface area contributed by atoms with Gasteiger partial charge >= 0.3 is 0 Å². The summed E-state index contributed by atoms with van der Waals surface area (Å²) in [5, 5.41) is 2.98. The smallest absolute Gasteiger partial charge is 0.226 e. The number of benzene rings is 2. The number of rotatable bonds is 6. The maximum absolute atomic E-state index is 14.7. The van der Waals surface area contributed by atoms with Gasteiger partial charge in [0.15, 0.2) is 0 Å². The number of piperidine rings is 1. The van der Waals surface area contributed by atoms with Crippen molar-refractivity contribution >= 4 is 11.8 Å². The first kappa shape index (κ1) is 26.3. The number of likely N-dealkylation sites (tertiary alicyclic amines) is 1. The third kappa shape index (κ3) is 5.61. The van der Waals surface area contributed by atoms with E-state index in [9.17, 15) is 18.4 Å². The maximum atomic E-state index is 14.7. The zero-order chi connectivity index (χ0) is 26.0. The van der Waals surface area contributed by atoms with Crippen LogP contribution < -0.4 is 5.32 Å². The standard InChI is InChI=1S/C29H37F2N3O2/c1-18(32-19(2)35)23-7-5-6-8-24(23)20-11-13-34(14-12-20)29(36)27-17-22(33(3)4)16-26(27)25-10-9-21(30)15-28(25)31/h5-10,15,18,20,22,26-27H,11-14,16-17H2,1-4H3,(H,32,35)/t18-,22+,26?,27?/m0/s1. The first-order chi connectivity index (χ1) is 17.2. The molecule has 2 fully saturated rings. The van der Waals surface area contributed by atoms with Gasteiger partial charge in [0.05, 0.1) is 6.04 Å². The molecule has 1 heterocycles.